The average molecular weight is 417 g/mol. The summed E-state index contributed by atoms with van der Waals surface area (Å²) in [6.07, 6.45) is 1.64. The largest absolute Gasteiger partial charge is 0.352 e. The van der Waals surface area contributed by atoms with E-state index in [0.717, 1.165) is 36.4 Å². The minimum atomic E-state index is 0.0307. The number of nitrogens with one attached hydrogen (secondary N) is 1. The van der Waals surface area contributed by atoms with Crippen LogP contribution in [0.1, 0.15) is 24.3 Å². The molecule has 4 rings (SSSR count). The maximum Gasteiger partial charge on any atom is 0.241 e. The first kappa shape index (κ1) is 19.1. The molecule has 0 aliphatic carbocycles. The van der Waals surface area contributed by atoms with E-state index in [9.17, 15) is 4.79 Å². The molecule has 0 saturated carbocycles. The summed E-state index contributed by atoms with van der Waals surface area (Å²) in [6.45, 7) is 2.75. The van der Waals surface area contributed by atoms with Gasteiger partial charge in [-0.15, -0.1) is 11.3 Å². The molecule has 146 valence electrons. The summed E-state index contributed by atoms with van der Waals surface area (Å²) in [5, 5.41) is 9.73. The standard InChI is InChI=1S/C20H21ClN4O2S/c21-16-5-2-1-4-15(16)12-22-20(26)14-7-9-25(10-8-14)13-18-23-19(24-27-18)17-6-3-11-28-17/h1-6,11,14H,7-10,12-13H2,(H,22,26). The van der Waals surface area contributed by atoms with Gasteiger partial charge in [0.1, 0.15) is 0 Å². The Kier molecular flexibility index (Phi) is 6.04. The third kappa shape index (κ3) is 4.60. The number of likely N-dealkylation sites (tertiary alicyclic amines) is 1. The molecule has 1 aliphatic rings. The Labute approximate surface area is 172 Å². The van der Waals surface area contributed by atoms with Crippen LogP contribution in [0.5, 0.6) is 0 Å². The second-order valence-electron chi connectivity index (χ2n) is 6.85. The molecule has 0 atom stereocenters. The Morgan fingerprint density at radius 3 is 2.82 bits per heavy atom. The van der Waals surface area contributed by atoms with Crippen LogP contribution in [-0.2, 0) is 17.9 Å². The maximum absolute atomic E-state index is 12.5. The summed E-state index contributed by atoms with van der Waals surface area (Å²) >= 11 is 7.74. The molecule has 3 aromatic rings. The van der Waals surface area contributed by atoms with Gasteiger partial charge < -0.3 is 9.84 Å². The van der Waals surface area contributed by atoms with Crippen LogP contribution in [0.3, 0.4) is 0 Å². The van der Waals surface area contributed by atoms with Crippen LogP contribution < -0.4 is 5.32 Å². The van der Waals surface area contributed by atoms with Crippen molar-refractivity contribution in [2.24, 2.45) is 5.92 Å². The molecule has 1 aliphatic heterocycles. The lowest BCUT2D eigenvalue weighted by Gasteiger charge is -2.30. The molecule has 1 N–H and O–H groups in total. The zero-order valence-corrected chi connectivity index (χ0v) is 16.9. The van der Waals surface area contributed by atoms with E-state index < -0.39 is 0 Å². The van der Waals surface area contributed by atoms with E-state index in [1.54, 1.807) is 11.3 Å². The predicted molar refractivity (Wildman–Crippen MR) is 109 cm³/mol. The number of hydrogen-bond acceptors (Lipinski definition) is 6. The highest BCUT2D eigenvalue weighted by Crippen LogP contribution is 2.23. The second kappa shape index (κ2) is 8.86. The van der Waals surface area contributed by atoms with E-state index in [2.05, 4.69) is 20.4 Å². The molecule has 1 saturated heterocycles. The van der Waals surface area contributed by atoms with E-state index in [1.807, 2.05) is 41.8 Å². The summed E-state index contributed by atoms with van der Waals surface area (Å²) in [5.74, 6) is 1.38. The number of nitrogens with zero attached hydrogens (tertiary/aromatic N) is 3. The van der Waals surface area contributed by atoms with Crippen LogP contribution in [0.15, 0.2) is 46.3 Å². The Morgan fingerprint density at radius 1 is 1.25 bits per heavy atom. The Morgan fingerprint density at radius 2 is 2.07 bits per heavy atom. The minimum Gasteiger partial charge on any atom is -0.352 e. The van der Waals surface area contributed by atoms with Crippen LogP contribution >= 0.6 is 22.9 Å². The summed E-state index contributed by atoms with van der Waals surface area (Å²) in [5.41, 5.74) is 0.938. The van der Waals surface area contributed by atoms with Crippen molar-refractivity contribution in [3.05, 3.63) is 58.3 Å². The molecule has 1 fully saturated rings. The van der Waals surface area contributed by atoms with Gasteiger partial charge in [0.2, 0.25) is 17.6 Å². The SMILES string of the molecule is O=C(NCc1ccccc1Cl)C1CCN(Cc2nc(-c3cccs3)no2)CC1. The van der Waals surface area contributed by atoms with Crippen LogP contribution in [0.2, 0.25) is 5.02 Å². The highest BCUT2D eigenvalue weighted by atomic mass is 35.5. The number of piperidine rings is 1. The van der Waals surface area contributed by atoms with Gasteiger partial charge in [0.05, 0.1) is 11.4 Å². The van der Waals surface area contributed by atoms with Gasteiger partial charge in [0, 0.05) is 17.5 Å². The van der Waals surface area contributed by atoms with Gasteiger partial charge in [-0.2, -0.15) is 4.98 Å². The molecule has 0 bridgehead atoms. The molecule has 1 aromatic carbocycles. The molecule has 0 spiro atoms. The lowest BCUT2D eigenvalue weighted by molar-refractivity contribution is -0.126. The number of hydrogen-bond donors (Lipinski definition) is 1. The lowest BCUT2D eigenvalue weighted by atomic mass is 9.96. The number of carbonyl (C=O) groups excluding carboxylic acids is 1. The van der Waals surface area contributed by atoms with Crippen LogP contribution in [0.25, 0.3) is 10.7 Å². The third-order valence-electron chi connectivity index (χ3n) is 4.94. The molecule has 1 amide bonds. The van der Waals surface area contributed by atoms with Gasteiger partial charge >= 0.3 is 0 Å². The number of rotatable bonds is 6. The van der Waals surface area contributed by atoms with Gasteiger partial charge in [-0.25, -0.2) is 0 Å². The topological polar surface area (TPSA) is 71.3 Å². The fraction of sp³-hybridized carbons (Fsp3) is 0.350. The van der Waals surface area contributed by atoms with Crippen LogP contribution in [0.4, 0.5) is 0 Å². The van der Waals surface area contributed by atoms with E-state index in [0.29, 0.717) is 29.8 Å². The number of aromatic nitrogens is 2. The number of halogens is 1. The van der Waals surface area contributed by atoms with Gasteiger partial charge in [-0.05, 0) is 49.0 Å². The molecule has 8 heteroatoms. The van der Waals surface area contributed by atoms with E-state index >= 15 is 0 Å². The molecular formula is C20H21ClN4O2S. The highest BCUT2D eigenvalue weighted by Gasteiger charge is 2.26. The Hall–Kier alpha value is -2.22. The van der Waals surface area contributed by atoms with Crippen molar-refractivity contribution in [3.8, 4) is 10.7 Å². The quantitative estimate of drug-likeness (QED) is 0.658. The van der Waals surface area contributed by atoms with Crippen molar-refractivity contribution in [1.29, 1.82) is 0 Å². The molecular weight excluding hydrogens is 396 g/mol. The first-order valence-corrected chi connectivity index (χ1v) is 10.5. The zero-order valence-electron chi connectivity index (χ0n) is 15.3. The Balaban J connectivity index is 1.24. The average Bonchev–Trinajstić information content (AvgIpc) is 3.39. The first-order chi connectivity index (χ1) is 13.7. The molecule has 28 heavy (non-hydrogen) atoms. The number of amides is 1. The van der Waals surface area contributed by atoms with Crippen molar-refractivity contribution in [2.75, 3.05) is 13.1 Å². The van der Waals surface area contributed by atoms with E-state index in [-0.39, 0.29) is 11.8 Å². The fourth-order valence-corrected chi connectivity index (χ4v) is 4.19. The summed E-state index contributed by atoms with van der Waals surface area (Å²) in [7, 11) is 0. The third-order valence-corrected chi connectivity index (χ3v) is 6.17. The molecule has 0 unspecified atom stereocenters. The van der Waals surface area contributed by atoms with Gasteiger partial charge in [-0.1, -0.05) is 41.0 Å². The van der Waals surface area contributed by atoms with Crippen molar-refractivity contribution < 1.29 is 9.32 Å². The monoisotopic (exact) mass is 416 g/mol. The molecule has 6 nitrogen and oxygen atoms in total. The van der Waals surface area contributed by atoms with E-state index in [1.165, 1.54) is 0 Å². The normalized spacial score (nSPS) is 15.6. The second-order valence-corrected chi connectivity index (χ2v) is 8.20. The van der Waals surface area contributed by atoms with Crippen LogP contribution in [-0.4, -0.2) is 34.0 Å². The minimum absolute atomic E-state index is 0.0307. The summed E-state index contributed by atoms with van der Waals surface area (Å²) in [4.78, 5) is 20.2. The van der Waals surface area contributed by atoms with Gasteiger partial charge in [-0.3, -0.25) is 9.69 Å². The highest BCUT2D eigenvalue weighted by molar-refractivity contribution is 7.13. The predicted octanol–water partition coefficient (Wildman–Crippen LogP) is 3.98. The van der Waals surface area contributed by atoms with Crippen molar-refractivity contribution in [1.82, 2.24) is 20.4 Å². The zero-order chi connectivity index (χ0) is 19.3. The lowest BCUT2D eigenvalue weighted by Crippen LogP contribution is -2.40. The molecule has 3 heterocycles. The van der Waals surface area contributed by atoms with Gasteiger partial charge in [0.15, 0.2) is 0 Å². The molecule has 0 radical (unpaired) electrons. The van der Waals surface area contributed by atoms with Crippen molar-refractivity contribution in [3.63, 3.8) is 0 Å². The summed E-state index contributed by atoms with van der Waals surface area (Å²) in [6, 6.07) is 11.5. The number of benzene rings is 1. The Bertz CT molecular complexity index is 920. The summed E-state index contributed by atoms with van der Waals surface area (Å²) < 4.78 is 5.38. The van der Waals surface area contributed by atoms with Crippen molar-refractivity contribution >= 4 is 28.8 Å². The smallest absolute Gasteiger partial charge is 0.241 e. The van der Waals surface area contributed by atoms with Crippen LogP contribution in [0, 0.1) is 5.92 Å². The van der Waals surface area contributed by atoms with Gasteiger partial charge in [0.25, 0.3) is 0 Å². The maximum atomic E-state index is 12.5. The van der Waals surface area contributed by atoms with Crippen molar-refractivity contribution in [2.45, 2.75) is 25.9 Å². The number of carbonyl (C=O) groups is 1. The molecule has 2 aromatic heterocycles. The fourth-order valence-electron chi connectivity index (χ4n) is 3.34. The van der Waals surface area contributed by atoms with E-state index in [4.69, 9.17) is 16.1 Å². The first-order valence-electron chi connectivity index (χ1n) is 9.29. The number of thiophene rings is 1.